The number of nitrogens with zero attached hydrogens (tertiary/aromatic N) is 1. The smallest absolute Gasteiger partial charge is 0.434 e. The summed E-state index contributed by atoms with van der Waals surface area (Å²) in [5.41, 5.74) is -3.54. The molecule has 0 atom stereocenters. The number of pyridine rings is 1. The van der Waals surface area contributed by atoms with Crippen molar-refractivity contribution in [2.45, 2.75) is 19.5 Å². The van der Waals surface area contributed by atoms with E-state index in [0.717, 1.165) is 6.07 Å². The number of halogens is 6. The molecule has 0 bridgehead atoms. The third-order valence-electron chi connectivity index (χ3n) is 1.96. The fourth-order valence-electron chi connectivity index (χ4n) is 1.25. The summed E-state index contributed by atoms with van der Waals surface area (Å²) >= 11 is 1.37. The largest absolute Gasteiger partial charge is 0.462 e. The first kappa shape index (κ1) is 16.1. The van der Waals surface area contributed by atoms with Gasteiger partial charge in [0.25, 0.3) is 6.43 Å². The molecule has 0 amide bonds. The molecule has 0 saturated heterocycles. The number of rotatable bonds is 3. The molecule has 0 aliphatic rings. The van der Waals surface area contributed by atoms with E-state index in [0.29, 0.717) is 0 Å². The molecule has 0 radical (unpaired) electrons. The summed E-state index contributed by atoms with van der Waals surface area (Å²) in [6.45, 7) is 1.28. The second-order valence-corrected chi connectivity index (χ2v) is 4.43. The number of hydrogen-bond donors (Lipinski definition) is 0. The number of carbonyl (C=O) groups excluding carboxylic acids is 1. The Bertz CT molecular complexity index is 490. The summed E-state index contributed by atoms with van der Waals surface area (Å²) in [4.78, 5) is 14.3. The Morgan fingerprint density at radius 2 is 2.05 bits per heavy atom. The Balaban J connectivity index is 3.48. The molecule has 1 rings (SSSR count). The molecule has 0 fully saturated rings. The van der Waals surface area contributed by atoms with Crippen LogP contribution in [-0.2, 0) is 10.9 Å². The van der Waals surface area contributed by atoms with Gasteiger partial charge in [0.15, 0.2) is 5.69 Å². The van der Waals surface area contributed by atoms with Crippen LogP contribution >= 0.6 is 22.6 Å². The van der Waals surface area contributed by atoms with Crippen molar-refractivity contribution < 1.29 is 31.5 Å². The molecule has 0 saturated carbocycles. The summed E-state index contributed by atoms with van der Waals surface area (Å²) < 4.78 is 67.3. The van der Waals surface area contributed by atoms with Crippen LogP contribution in [0.2, 0.25) is 0 Å². The number of hydrogen-bond acceptors (Lipinski definition) is 3. The minimum Gasteiger partial charge on any atom is -0.462 e. The lowest BCUT2D eigenvalue weighted by Crippen LogP contribution is -2.20. The molecule has 0 unspecified atom stereocenters. The second kappa shape index (κ2) is 5.97. The minimum atomic E-state index is -5.02. The summed E-state index contributed by atoms with van der Waals surface area (Å²) in [6, 6.07) is 0.729. The monoisotopic (exact) mass is 395 g/mol. The Labute approximate surface area is 118 Å². The van der Waals surface area contributed by atoms with Crippen LogP contribution in [0, 0.1) is 3.57 Å². The van der Waals surface area contributed by atoms with E-state index in [2.05, 4.69) is 9.72 Å². The van der Waals surface area contributed by atoms with Gasteiger partial charge in [0.1, 0.15) is 11.3 Å². The van der Waals surface area contributed by atoms with Crippen molar-refractivity contribution in [2.24, 2.45) is 0 Å². The molecule has 1 heterocycles. The Hall–Kier alpha value is -1.00. The summed E-state index contributed by atoms with van der Waals surface area (Å²) in [6.07, 6.45) is -8.18. The van der Waals surface area contributed by atoms with Crippen molar-refractivity contribution in [1.82, 2.24) is 4.98 Å². The lowest BCUT2D eigenvalue weighted by molar-refractivity contribution is -0.142. The highest BCUT2D eigenvalue weighted by molar-refractivity contribution is 14.1. The third-order valence-corrected chi connectivity index (χ3v) is 2.81. The van der Waals surface area contributed by atoms with Gasteiger partial charge in [0, 0.05) is 3.57 Å². The Kier molecular flexibility index (Phi) is 5.04. The van der Waals surface area contributed by atoms with Gasteiger partial charge < -0.3 is 4.74 Å². The number of carbonyl (C=O) groups is 1. The molecule has 1 aromatic rings. The van der Waals surface area contributed by atoms with Crippen LogP contribution in [0.15, 0.2) is 6.07 Å². The maximum absolute atomic E-state index is 12.8. The number of esters is 1. The summed E-state index contributed by atoms with van der Waals surface area (Å²) in [7, 11) is 0. The predicted molar refractivity (Wildman–Crippen MR) is 62.9 cm³/mol. The zero-order valence-corrected chi connectivity index (χ0v) is 11.6. The molecule has 1 aromatic heterocycles. The van der Waals surface area contributed by atoms with E-state index in [1.165, 1.54) is 29.5 Å². The van der Waals surface area contributed by atoms with Gasteiger partial charge >= 0.3 is 12.1 Å². The van der Waals surface area contributed by atoms with Gasteiger partial charge in [0.2, 0.25) is 0 Å². The van der Waals surface area contributed by atoms with Gasteiger partial charge in [-0.25, -0.2) is 18.6 Å². The zero-order chi connectivity index (χ0) is 14.8. The van der Waals surface area contributed by atoms with Crippen molar-refractivity contribution in [2.75, 3.05) is 6.61 Å². The van der Waals surface area contributed by atoms with Crippen molar-refractivity contribution in [1.29, 1.82) is 0 Å². The first-order chi connectivity index (χ1) is 8.68. The predicted octanol–water partition coefficient (Wildman–Crippen LogP) is 3.82. The lowest BCUT2D eigenvalue weighted by Gasteiger charge is -2.14. The zero-order valence-electron chi connectivity index (χ0n) is 9.39. The van der Waals surface area contributed by atoms with Crippen LogP contribution in [0.25, 0.3) is 0 Å². The van der Waals surface area contributed by atoms with Gasteiger partial charge in [-0.3, -0.25) is 0 Å². The van der Waals surface area contributed by atoms with E-state index in [4.69, 9.17) is 0 Å². The van der Waals surface area contributed by atoms with Crippen LogP contribution in [0.4, 0.5) is 22.0 Å². The van der Waals surface area contributed by atoms with Gasteiger partial charge in [-0.1, -0.05) is 0 Å². The van der Waals surface area contributed by atoms with Crippen molar-refractivity contribution in [3.8, 4) is 0 Å². The summed E-state index contributed by atoms with van der Waals surface area (Å²) in [5, 5.41) is 0. The molecule has 19 heavy (non-hydrogen) atoms. The summed E-state index contributed by atoms with van der Waals surface area (Å²) in [5.74, 6) is -1.24. The fraction of sp³-hybridized carbons (Fsp3) is 0.400. The van der Waals surface area contributed by atoms with Crippen LogP contribution in [0.1, 0.15) is 35.1 Å². The SMILES string of the molecule is CCOC(=O)c1c(I)cc(C(F)F)nc1C(F)(F)F. The van der Waals surface area contributed by atoms with Crippen LogP contribution < -0.4 is 0 Å². The lowest BCUT2D eigenvalue weighted by atomic mass is 10.1. The number of ether oxygens (including phenoxy) is 1. The standard InChI is InChI=1S/C10H7F5INO2/c1-2-19-9(18)6-4(16)3-5(8(11)12)17-7(6)10(13,14)15/h3,8H,2H2,1H3. The topological polar surface area (TPSA) is 39.2 Å². The third kappa shape index (κ3) is 3.74. The first-order valence-electron chi connectivity index (χ1n) is 4.91. The van der Waals surface area contributed by atoms with E-state index in [9.17, 15) is 26.7 Å². The van der Waals surface area contributed by atoms with Gasteiger partial charge in [-0.05, 0) is 35.6 Å². The molecule has 9 heteroatoms. The Morgan fingerprint density at radius 1 is 1.47 bits per heavy atom. The number of aromatic nitrogens is 1. The molecule has 0 aliphatic carbocycles. The molecule has 0 aliphatic heterocycles. The molecular weight excluding hydrogens is 388 g/mol. The normalized spacial score (nSPS) is 11.8. The molecule has 0 N–H and O–H groups in total. The highest BCUT2D eigenvalue weighted by Crippen LogP contribution is 2.34. The van der Waals surface area contributed by atoms with Gasteiger partial charge in [0.05, 0.1) is 6.61 Å². The van der Waals surface area contributed by atoms with Crippen LogP contribution in [-0.4, -0.2) is 17.6 Å². The minimum absolute atomic E-state index is 0.136. The number of alkyl halides is 5. The van der Waals surface area contributed by atoms with Crippen molar-refractivity contribution in [3.05, 3.63) is 26.6 Å². The van der Waals surface area contributed by atoms with Crippen molar-refractivity contribution >= 4 is 28.6 Å². The molecule has 0 aromatic carbocycles. The molecular formula is C10H7F5INO2. The van der Waals surface area contributed by atoms with E-state index in [1.54, 1.807) is 0 Å². The Morgan fingerprint density at radius 3 is 2.47 bits per heavy atom. The van der Waals surface area contributed by atoms with E-state index in [1.807, 2.05) is 0 Å². The van der Waals surface area contributed by atoms with Gasteiger partial charge in [-0.15, -0.1) is 0 Å². The van der Waals surface area contributed by atoms with Gasteiger partial charge in [-0.2, -0.15) is 13.2 Å². The maximum atomic E-state index is 12.8. The highest BCUT2D eigenvalue weighted by Gasteiger charge is 2.40. The van der Waals surface area contributed by atoms with Crippen LogP contribution in [0.3, 0.4) is 0 Å². The highest BCUT2D eigenvalue weighted by atomic mass is 127. The van der Waals surface area contributed by atoms with E-state index < -0.39 is 35.5 Å². The quantitative estimate of drug-likeness (QED) is 0.444. The molecule has 0 spiro atoms. The average molecular weight is 395 g/mol. The average Bonchev–Trinajstić information content (AvgIpc) is 2.26. The fourth-order valence-corrected chi connectivity index (χ4v) is 2.04. The van der Waals surface area contributed by atoms with Crippen molar-refractivity contribution in [3.63, 3.8) is 0 Å². The van der Waals surface area contributed by atoms with E-state index in [-0.39, 0.29) is 10.2 Å². The molecule has 3 nitrogen and oxygen atoms in total. The maximum Gasteiger partial charge on any atom is 0.434 e. The second-order valence-electron chi connectivity index (χ2n) is 3.27. The van der Waals surface area contributed by atoms with Crippen LogP contribution in [0.5, 0.6) is 0 Å². The van der Waals surface area contributed by atoms with E-state index >= 15 is 0 Å². The molecule has 106 valence electrons. The first-order valence-corrected chi connectivity index (χ1v) is 5.99.